The molecule has 0 radical (unpaired) electrons. The number of benzene rings is 1. The Bertz CT molecular complexity index is 889. The second kappa shape index (κ2) is 4.95. The van der Waals surface area contributed by atoms with Gasteiger partial charge in [0.2, 0.25) is 0 Å². The quantitative estimate of drug-likeness (QED) is 0.696. The number of methoxy groups -OCH3 is 1. The lowest BCUT2D eigenvalue weighted by Gasteiger charge is -2.13. The van der Waals surface area contributed by atoms with Crippen molar-refractivity contribution in [3.8, 4) is 11.1 Å². The number of carbonyl (C=O) groups excluding carboxylic acids is 1. The molecule has 4 rings (SSSR count). The number of ether oxygens (including phenoxy) is 1. The maximum Gasteiger partial charge on any atom is 0.316 e. The number of pyridine rings is 1. The van der Waals surface area contributed by atoms with Crippen molar-refractivity contribution in [2.75, 3.05) is 7.11 Å². The van der Waals surface area contributed by atoms with Gasteiger partial charge in [0.05, 0.1) is 12.5 Å². The smallest absolute Gasteiger partial charge is 0.316 e. The first kappa shape index (κ1) is 14.0. The third-order valence-electron chi connectivity index (χ3n) is 4.84. The van der Waals surface area contributed by atoms with Crippen LogP contribution in [0.2, 0.25) is 0 Å². The molecule has 0 unspecified atom stereocenters. The SMILES string of the molecule is COC(=O)C1(c2ccc(-c3ccnc4c3ccn4C)cc2)CC1. The fourth-order valence-corrected chi connectivity index (χ4v) is 3.32. The molecule has 0 saturated heterocycles. The summed E-state index contributed by atoms with van der Waals surface area (Å²) in [5, 5.41) is 1.14. The number of hydrogen-bond acceptors (Lipinski definition) is 3. The zero-order valence-electron chi connectivity index (χ0n) is 13.2. The number of carbonyl (C=O) groups is 1. The molecule has 0 aliphatic heterocycles. The van der Waals surface area contributed by atoms with Crippen molar-refractivity contribution in [2.24, 2.45) is 7.05 Å². The second-order valence-corrected chi connectivity index (χ2v) is 6.17. The summed E-state index contributed by atoms with van der Waals surface area (Å²) >= 11 is 0. The molecule has 3 aromatic rings. The van der Waals surface area contributed by atoms with Gasteiger partial charge in [-0.05, 0) is 41.7 Å². The molecule has 1 aliphatic carbocycles. The van der Waals surface area contributed by atoms with Crippen LogP contribution in [0.4, 0.5) is 0 Å². The number of hydrogen-bond donors (Lipinski definition) is 0. The zero-order valence-corrected chi connectivity index (χ0v) is 13.2. The summed E-state index contributed by atoms with van der Waals surface area (Å²) in [7, 11) is 3.45. The Morgan fingerprint density at radius 3 is 2.57 bits per heavy atom. The number of fused-ring (bicyclic) bond motifs is 1. The standard InChI is InChI=1S/C19H18N2O2/c1-21-12-8-16-15(7-11-20-17(16)21)13-3-5-14(6-4-13)19(9-10-19)18(22)23-2/h3-8,11-12H,9-10H2,1-2H3. The normalized spacial score (nSPS) is 15.6. The molecule has 0 amide bonds. The van der Waals surface area contributed by atoms with Crippen LogP contribution in [0.3, 0.4) is 0 Å². The maximum atomic E-state index is 12.0. The summed E-state index contributed by atoms with van der Waals surface area (Å²) in [5.41, 5.74) is 3.90. The minimum Gasteiger partial charge on any atom is -0.468 e. The van der Waals surface area contributed by atoms with Gasteiger partial charge in [-0.2, -0.15) is 0 Å². The maximum absolute atomic E-state index is 12.0. The summed E-state index contributed by atoms with van der Waals surface area (Å²) in [4.78, 5) is 16.4. The van der Waals surface area contributed by atoms with Gasteiger partial charge in [-0.1, -0.05) is 24.3 Å². The van der Waals surface area contributed by atoms with Gasteiger partial charge in [-0.3, -0.25) is 4.79 Å². The molecule has 1 aromatic carbocycles. The summed E-state index contributed by atoms with van der Waals surface area (Å²) in [5.74, 6) is -0.125. The van der Waals surface area contributed by atoms with Gasteiger partial charge >= 0.3 is 5.97 Å². The lowest BCUT2D eigenvalue weighted by molar-refractivity contribution is -0.143. The monoisotopic (exact) mass is 306 g/mol. The van der Waals surface area contributed by atoms with Crippen molar-refractivity contribution >= 4 is 17.0 Å². The summed E-state index contributed by atoms with van der Waals surface area (Å²) < 4.78 is 6.97. The highest BCUT2D eigenvalue weighted by atomic mass is 16.5. The molecule has 0 atom stereocenters. The minimum absolute atomic E-state index is 0.125. The minimum atomic E-state index is -0.409. The summed E-state index contributed by atoms with van der Waals surface area (Å²) in [6.07, 6.45) is 5.60. The van der Waals surface area contributed by atoms with E-state index in [4.69, 9.17) is 4.74 Å². The molecule has 1 aliphatic rings. The lowest BCUT2D eigenvalue weighted by Crippen LogP contribution is -2.21. The van der Waals surface area contributed by atoms with Crippen molar-refractivity contribution < 1.29 is 9.53 Å². The van der Waals surface area contributed by atoms with Crippen LogP contribution in [0.15, 0.2) is 48.8 Å². The van der Waals surface area contributed by atoms with Crippen LogP contribution in [0, 0.1) is 0 Å². The largest absolute Gasteiger partial charge is 0.468 e. The van der Waals surface area contributed by atoms with Gasteiger partial charge < -0.3 is 9.30 Å². The molecule has 23 heavy (non-hydrogen) atoms. The van der Waals surface area contributed by atoms with Crippen LogP contribution in [-0.4, -0.2) is 22.6 Å². The Hall–Kier alpha value is -2.62. The van der Waals surface area contributed by atoms with E-state index in [1.165, 1.54) is 7.11 Å². The Morgan fingerprint density at radius 2 is 1.91 bits per heavy atom. The molecule has 1 fully saturated rings. The van der Waals surface area contributed by atoms with Crippen molar-refractivity contribution in [1.29, 1.82) is 0 Å². The number of esters is 1. The van der Waals surface area contributed by atoms with Gasteiger partial charge in [0.25, 0.3) is 0 Å². The number of nitrogens with zero attached hydrogens (tertiary/aromatic N) is 2. The summed E-state index contributed by atoms with van der Waals surface area (Å²) in [6.45, 7) is 0. The number of aryl methyl sites for hydroxylation is 1. The van der Waals surface area contributed by atoms with Crippen LogP contribution in [-0.2, 0) is 22.0 Å². The molecule has 0 N–H and O–H groups in total. The Kier molecular flexibility index (Phi) is 3.01. The van der Waals surface area contributed by atoms with Gasteiger partial charge in [0.15, 0.2) is 0 Å². The second-order valence-electron chi connectivity index (χ2n) is 6.17. The molecular formula is C19H18N2O2. The van der Waals surface area contributed by atoms with Crippen molar-refractivity contribution in [3.63, 3.8) is 0 Å². The third-order valence-corrected chi connectivity index (χ3v) is 4.84. The van der Waals surface area contributed by atoms with E-state index < -0.39 is 5.41 Å². The highest BCUT2D eigenvalue weighted by Crippen LogP contribution is 2.49. The van der Waals surface area contributed by atoms with Crippen LogP contribution < -0.4 is 0 Å². The lowest BCUT2D eigenvalue weighted by atomic mass is 9.93. The molecule has 1 saturated carbocycles. The van der Waals surface area contributed by atoms with E-state index >= 15 is 0 Å². The van der Waals surface area contributed by atoms with Crippen molar-refractivity contribution in [1.82, 2.24) is 9.55 Å². The fraction of sp³-hybridized carbons (Fsp3) is 0.263. The fourth-order valence-electron chi connectivity index (χ4n) is 3.32. The predicted molar refractivity (Wildman–Crippen MR) is 89.1 cm³/mol. The first-order chi connectivity index (χ1) is 11.2. The van der Waals surface area contributed by atoms with E-state index in [1.807, 2.05) is 30.1 Å². The molecule has 4 heteroatoms. The van der Waals surface area contributed by atoms with E-state index in [1.54, 1.807) is 0 Å². The van der Waals surface area contributed by atoms with Gasteiger partial charge in [-0.15, -0.1) is 0 Å². The molecule has 0 bridgehead atoms. The van der Waals surface area contributed by atoms with E-state index in [2.05, 4.69) is 35.3 Å². The van der Waals surface area contributed by atoms with E-state index in [9.17, 15) is 4.79 Å². The van der Waals surface area contributed by atoms with Gasteiger partial charge in [0, 0.05) is 24.8 Å². The molecule has 116 valence electrons. The van der Waals surface area contributed by atoms with Gasteiger partial charge in [-0.25, -0.2) is 4.98 Å². The van der Waals surface area contributed by atoms with E-state index in [-0.39, 0.29) is 5.97 Å². The Balaban J connectivity index is 1.75. The molecule has 4 nitrogen and oxygen atoms in total. The van der Waals surface area contributed by atoms with Crippen molar-refractivity contribution in [2.45, 2.75) is 18.3 Å². The molecule has 2 aromatic heterocycles. The Morgan fingerprint density at radius 1 is 1.17 bits per heavy atom. The Labute approximate surface area is 134 Å². The molecule has 2 heterocycles. The van der Waals surface area contributed by atoms with Crippen LogP contribution in [0.5, 0.6) is 0 Å². The van der Waals surface area contributed by atoms with E-state index in [0.29, 0.717) is 0 Å². The highest BCUT2D eigenvalue weighted by Gasteiger charge is 2.52. The number of aromatic nitrogens is 2. The average molecular weight is 306 g/mol. The van der Waals surface area contributed by atoms with Crippen LogP contribution in [0.1, 0.15) is 18.4 Å². The van der Waals surface area contributed by atoms with Crippen LogP contribution >= 0.6 is 0 Å². The third kappa shape index (κ3) is 2.05. The van der Waals surface area contributed by atoms with Crippen LogP contribution in [0.25, 0.3) is 22.2 Å². The first-order valence-electron chi connectivity index (χ1n) is 7.75. The molecule has 0 spiro atoms. The zero-order chi connectivity index (χ0) is 16.0. The molecular weight excluding hydrogens is 288 g/mol. The van der Waals surface area contributed by atoms with Gasteiger partial charge in [0.1, 0.15) is 5.65 Å². The first-order valence-corrected chi connectivity index (χ1v) is 7.75. The van der Waals surface area contributed by atoms with Crippen molar-refractivity contribution in [3.05, 3.63) is 54.4 Å². The topological polar surface area (TPSA) is 44.1 Å². The predicted octanol–water partition coefficient (Wildman–Crippen LogP) is 3.44. The summed E-state index contributed by atoms with van der Waals surface area (Å²) in [6, 6.07) is 12.4. The van der Waals surface area contributed by atoms with E-state index in [0.717, 1.165) is 40.6 Å². The number of rotatable bonds is 3. The average Bonchev–Trinajstić information content (AvgIpc) is 3.33. The highest BCUT2D eigenvalue weighted by molar-refractivity contribution is 5.93.